The third kappa shape index (κ3) is 3.41. The lowest BCUT2D eigenvalue weighted by molar-refractivity contribution is 0.282. The fourth-order valence-electron chi connectivity index (χ4n) is 1.93. The first-order valence-corrected chi connectivity index (χ1v) is 7.81. The SMILES string of the molecule is CCC(C)P(=O)(O)C(CCO)c1ccccc1. The molecular weight excluding hydrogens is 235 g/mol. The molecule has 96 valence electrons. The molecular formula is C13H21O3P. The smallest absolute Gasteiger partial charge is 0.210 e. The molecule has 0 saturated heterocycles. The van der Waals surface area contributed by atoms with E-state index < -0.39 is 13.0 Å². The Hall–Kier alpha value is -0.630. The predicted octanol–water partition coefficient (Wildman–Crippen LogP) is 3.18. The van der Waals surface area contributed by atoms with E-state index in [1.165, 1.54) is 0 Å². The van der Waals surface area contributed by atoms with Gasteiger partial charge in [0.05, 0.1) is 5.66 Å². The van der Waals surface area contributed by atoms with Crippen LogP contribution >= 0.6 is 7.37 Å². The second kappa shape index (κ2) is 6.34. The Bertz CT molecular complexity index is 378. The van der Waals surface area contributed by atoms with Gasteiger partial charge in [-0.05, 0) is 18.4 Å². The van der Waals surface area contributed by atoms with E-state index in [0.29, 0.717) is 12.8 Å². The molecule has 4 heteroatoms. The Kier molecular flexibility index (Phi) is 5.38. The van der Waals surface area contributed by atoms with E-state index in [4.69, 9.17) is 5.11 Å². The summed E-state index contributed by atoms with van der Waals surface area (Å²) in [7, 11) is -3.29. The molecule has 0 aromatic heterocycles. The van der Waals surface area contributed by atoms with Crippen LogP contribution in [0, 0.1) is 0 Å². The number of rotatable bonds is 6. The summed E-state index contributed by atoms with van der Waals surface area (Å²) in [6, 6.07) is 9.30. The van der Waals surface area contributed by atoms with Crippen LogP contribution in [0.5, 0.6) is 0 Å². The molecule has 0 aliphatic carbocycles. The first-order valence-electron chi connectivity index (χ1n) is 6.02. The Morgan fingerprint density at radius 3 is 2.35 bits per heavy atom. The minimum Gasteiger partial charge on any atom is -0.396 e. The van der Waals surface area contributed by atoms with Crippen LogP contribution in [0.25, 0.3) is 0 Å². The molecule has 1 aromatic carbocycles. The molecule has 0 radical (unpaired) electrons. The molecule has 0 aliphatic heterocycles. The molecule has 0 saturated carbocycles. The molecule has 0 aliphatic rings. The van der Waals surface area contributed by atoms with Gasteiger partial charge in [-0.1, -0.05) is 44.2 Å². The summed E-state index contributed by atoms with van der Waals surface area (Å²) in [4.78, 5) is 10.3. The normalized spacial score (nSPS) is 18.4. The van der Waals surface area contributed by atoms with Gasteiger partial charge in [0.1, 0.15) is 0 Å². The summed E-state index contributed by atoms with van der Waals surface area (Å²) in [5.41, 5.74) is 0.149. The fourth-order valence-corrected chi connectivity index (χ4v) is 4.15. The number of hydrogen-bond acceptors (Lipinski definition) is 2. The molecule has 2 N–H and O–H groups in total. The van der Waals surface area contributed by atoms with Crippen molar-refractivity contribution in [1.82, 2.24) is 0 Å². The maximum atomic E-state index is 12.5. The van der Waals surface area contributed by atoms with Gasteiger partial charge in [-0.2, -0.15) is 0 Å². The highest BCUT2D eigenvalue weighted by atomic mass is 31.2. The summed E-state index contributed by atoms with van der Waals surface area (Å²) in [6.45, 7) is 3.64. The van der Waals surface area contributed by atoms with Gasteiger partial charge >= 0.3 is 0 Å². The first-order chi connectivity index (χ1) is 8.04. The number of aliphatic hydroxyl groups excluding tert-OH is 1. The Labute approximate surface area is 103 Å². The molecule has 0 bridgehead atoms. The fraction of sp³-hybridized carbons (Fsp3) is 0.538. The highest BCUT2D eigenvalue weighted by Gasteiger charge is 2.35. The van der Waals surface area contributed by atoms with Crippen molar-refractivity contribution in [1.29, 1.82) is 0 Å². The van der Waals surface area contributed by atoms with Gasteiger partial charge in [0.25, 0.3) is 0 Å². The van der Waals surface area contributed by atoms with Crippen molar-refractivity contribution >= 4 is 7.37 Å². The van der Waals surface area contributed by atoms with E-state index in [9.17, 15) is 9.46 Å². The van der Waals surface area contributed by atoms with Crippen LogP contribution in [-0.2, 0) is 4.57 Å². The minimum absolute atomic E-state index is 0.0689. The van der Waals surface area contributed by atoms with Gasteiger partial charge in [0, 0.05) is 12.3 Å². The topological polar surface area (TPSA) is 57.5 Å². The Balaban J connectivity index is 3.05. The van der Waals surface area contributed by atoms with Crippen molar-refractivity contribution in [3.05, 3.63) is 35.9 Å². The molecule has 17 heavy (non-hydrogen) atoms. The van der Waals surface area contributed by atoms with Gasteiger partial charge in [0.15, 0.2) is 0 Å². The molecule has 0 spiro atoms. The second-order valence-corrected chi connectivity index (χ2v) is 7.22. The summed E-state index contributed by atoms with van der Waals surface area (Å²) in [5, 5.41) is 9.08. The maximum Gasteiger partial charge on any atom is 0.210 e. The van der Waals surface area contributed by atoms with Gasteiger partial charge in [-0.3, -0.25) is 4.57 Å². The highest BCUT2D eigenvalue weighted by Crippen LogP contribution is 2.61. The summed E-state index contributed by atoms with van der Waals surface area (Å²) < 4.78 is 12.5. The lowest BCUT2D eigenvalue weighted by Gasteiger charge is -2.27. The summed E-state index contributed by atoms with van der Waals surface area (Å²) in [5.74, 6) is 0. The van der Waals surface area contributed by atoms with Gasteiger partial charge in [0.2, 0.25) is 7.37 Å². The van der Waals surface area contributed by atoms with Gasteiger partial charge in [-0.15, -0.1) is 0 Å². The van der Waals surface area contributed by atoms with Gasteiger partial charge < -0.3 is 10.00 Å². The Morgan fingerprint density at radius 1 is 1.29 bits per heavy atom. The largest absolute Gasteiger partial charge is 0.396 e. The molecule has 3 atom stereocenters. The number of benzene rings is 1. The predicted molar refractivity (Wildman–Crippen MR) is 70.5 cm³/mol. The van der Waals surface area contributed by atoms with Crippen molar-refractivity contribution in [3.8, 4) is 0 Å². The molecule has 3 nitrogen and oxygen atoms in total. The zero-order chi connectivity index (χ0) is 12.9. The van der Waals surface area contributed by atoms with Crippen LogP contribution in [0.1, 0.15) is 37.9 Å². The van der Waals surface area contributed by atoms with Crippen molar-refractivity contribution in [2.24, 2.45) is 0 Å². The van der Waals surface area contributed by atoms with Crippen LogP contribution in [-0.4, -0.2) is 22.3 Å². The lowest BCUT2D eigenvalue weighted by Crippen LogP contribution is -2.11. The van der Waals surface area contributed by atoms with Crippen molar-refractivity contribution in [3.63, 3.8) is 0 Å². The molecule has 0 heterocycles. The first kappa shape index (κ1) is 14.4. The minimum atomic E-state index is -3.29. The van der Waals surface area contributed by atoms with E-state index in [1.807, 2.05) is 37.3 Å². The monoisotopic (exact) mass is 256 g/mol. The van der Waals surface area contributed by atoms with Crippen LogP contribution in [0.4, 0.5) is 0 Å². The highest BCUT2D eigenvalue weighted by molar-refractivity contribution is 7.59. The van der Waals surface area contributed by atoms with Crippen molar-refractivity contribution in [2.45, 2.75) is 38.0 Å². The zero-order valence-electron chi connectivity index (χ0n) is 10.4. The second-order valence-electron chi connectivity index (χ2n) is 4.37. The van der Waals surface area contributed by atoms with Gasteiger partial charge in [-0.25, -0.2) is 0 Å². The van der Waals surface area contributed by atoms with Crippen LogP contribution in [0.2, 0.25) is 0 Å². The molecule has 0 amide bonds. The van der Waals surface area contributed by atoms with Crippen LogP contribution in [0.3, 0.4) is 0 Å². The van der Waals surface area contributed by atoms with Crippen LogP contribution in [0.15, 0.2) is 30.3 Å². The molecule has 1 aromatic rings. The Morgan fingerprint density at radius 2 is 1.88 bits per heavy atom. The van der Waals surface area contributed by atoms with Crippen LogP contribution < -0.4 is 0 Å². The van der Waals surface area contributed by atoms with Crippen molar-refractivity contribution in [2.75, 3.05) is 6.61 Å². The third-order valence-electron chi connectivity index (χ3n) is 3.26. The third-order valence-corrected chi connectivity index (χ3v) is 6.33. The van der Waals surface area contributed by atoms with E-state index in [1.54, 1.807) is 6.92 Å². The quantitative estimate of drug-likeness (QED) is 0.768. The van der Waals surface area contributed by atoms with E-state index >= 15 is 0 Å². The molecule has 3 unspecified atom stereocenters. The van der Waals surface area contributed by atoms with Crippen molar-refractivity contribution < 1.29 is 14.6 Å². The average Bonchev–Trinajstić information content (AvgIpc) is 2.35. The summed E-state index contributed by atoms with van der Waals surface area (Å²) in [6.07, 6.45) is 1.00. The van der Waals surface area contributed by atoms with E-state index in [0.717, 1.165) is 5.56 Å². The molecule has 1 rings (SSSR count). The lowest BCUT2D eigenvalue weighted by atomic mass is 10.1. The molecule has 0 fully saturated rings. The zero-order valence-corrected chi connectivity index (χ0v) is 11.3. The number of hydrogen-bond donors (Lipinski definition) is 2. The average molecular weight is 256 g/mol. The van der Waals surface area contributed by atoms with E-state index in [2.05, 4.69) is 0 Å². The summed E-state index contributed by atoms with van der Waals surface area (Å²) >= 11 is 0. The standard InChI is InChI=1S/C13H21O3P/c1-3-11(2)17(15,16)13(9-10-14)12-7-5-4-6-8-12/h4-8,11,13-14H,3,9-10H2,1-2H3,(H,15,16). The number of aliphatic hydroxyl groups is 1. The maximum absolute atomic E-state index is 12.5. The van der Waals surface area contributed by atoms with E-state index in [-0.39, 0.29) is 12.3 Å².